The van der Waals surface area contributed by atoms with Crippen LogP contribution in [0.5, 0.6) is 5.88 Å². The van der Waals surface area contributed by atoms with Crippen LogP contribution in [0.15, 0.2) is 44.2 Å². The van der Waals surface area contributed by atoms with Gasteiger partial charge in [-0.1, -0.05) is 38.8 Å². The molecular weight excluding hydrogens is 486 g/mol. The van der Waals surface area contributed by atoms with Gasteiger partial charge in [-0.15, -0.1) is 10.2 Å². The summed E-state index contributed by atoms with van der Waals surface area (Å²) in [5.41, 5.74) is 5.42. The first kappa shape index (κ1) is 29.4. The zero-order valence-electron chi connectivity index (χ0n) is 21.3. The number of aliphatic hydroxyl groups excluding tert-OH is 1. The summed E-state index contributed by atoms with van der Waals surface area (Å²) in [5.74, 6) is 0.0755. The SMILES string of the molecule is Cc1c(/N=N/c2ccccc2S(=O)(=O)NC(C)CCCC(C)C)c(O)n(CCOCCO)c(=O)c1N. The standard InChI is InChI=1S/C24H37N5O6S/c1-16(2)8-7-9-17(3)28-36(33,34)20-11-6-5-10-19(20)26-27-22-18(4)21(25)23(31)29(24(22)32)12-14-35-15-13-30/h5-6,10-11,16-17,28,30,32H,7-9,12-15,25H2,1-4H3/b27-26+. The Labute approximate surface area is 212 Å². The highest BCUT2D eigenvalue weighted by molar-refractivity contribution is 7.89. The molecule has 36 heavy (non-hydrogen) atoms. The number of nitrogens with zero attached hydrogens (tertiary/aromatic N) is 3. The Bertz CT molecular complexity index is 1210. The molecule has 1 aromatic heterocycles. The molecule has 1 atom stereocenters. The first-order valence-corrected chi connectivity index (χ1v) is 13.4. The van der Waals surface area contributed by atoms with Crippen LogP contribution in [0.2, 0.25) is 0 Å². The van der Waals surface area contributed by atoms with E-state index in [2.05, 4.69) is 28.8 Å². The Morgan fingerprint density at radius 1 is 1.14 bits per heavy atom. The number of hydrogen-bond acceptors (Lipinski definition) is 9. The van der Waals surface area contributed by atoms with Crippen molar-refractivity contribution >= 4 is 27.1 Å². The van der Waals surface area contributed by atoms with E-state index in [9.17, 15) is 18.3 Å². The van der Waals surface area contributed by atoms with Crippen molar-refractivity contribution in [3.63, 3.8) is 0 Å². The molecule has 0 saturated carbocycles. The third-order valence-electron chi connectivity index (χ3n) is 5.58. The number of benzene rings is 1. The molecule has 11 nitrogen and oxygen atoms in total. The molecule has 0 aliphatic carbocycles. The molecule has 0 aliphatic rings. The molecule has 0 bridgehead atoms. The predicted molar refractivity (Wildman–Crippen MR) is 139 cm³/mol. The van der Waals surface area contributed by atoms with Crippen molar-refractivity contribution in [2.24, 2.45) is 16.1 Å². The molecule has 0 amide bonds. The second-order valence-corrected chi connectivity index (χ2v) is 10.7. The fraction of sp³-hybridized carbons (Fsp3) is 0.542. The lowest BCUT2D eigenvalue weighted by atomic mass is 10.0. The first-order chi connectivity index (χ1) is 17.0. The molecule has 1 aromatic carbocycles. The van der Waals surface area contributed by atoms with Crippen molar-refractivity contribution in [1.82, 2.24) is 9.29 Å². The fourth-order valence-corrected chi connectivity index (χ4v) is 4.98. The number of nitrogens with one attached hydrogen (secondary N) is 1. The molecular formula is C24H37N5O6S. The van der Waals surface area contributed by atoms with Gasteiger partial charge in [-0.05, 0) is 38.3 Å². The van der Waals surface area contributed by atoms with Gasteiger partial charge >= 0.3 is 0 Å². The highest BCUT2D eigenvalue weighted by atomic mass is 32.2. The lowest BCUT2D eigenvalue weighted by Gasteiger charge is -2.16. The van der Waals surface area contributed by atoms with Gasteiger partial charge in [-0.25, -0.2) is 13.1 Å². The van der Waals surface area contributed by atoms with Gasteiger partial charge in [0.05, 0.1) is 26.4 Å². The van der Waals surface area contributed by atoms with Gasteiger partial charge in [-0.2, -0.15) is 0 Å². The van der Waals surface area contributed by atoms with E-state index in [1.807, 2.05) is 6.92 Å². The molecule has 0 aliphatic heterocycles. The normalized spacial score (nSPS) is 13.1. The molecule has 1 unspecified atom stereocenters. The molecule has 0 saturated heterocycles. The largest absolute Gasteiger partial charge is 0.493 e. The van der Waals surface area contributed by atoms with E-state index in [1.165, 1.54) is 19.1 Å². The maximum Gasteiger partial charge on any atom is 0.276 e. The Kier molecular flexibility index (Phi) is 11.0. The quantitative estimate of drug-likeness (QED) is 0.217. The number of rotatable bonds is 14. The summed E-state index contributed by atoms with van der Waals surface area (Å²) in [4.78, 5) is 12.5. The van der Waals surface area contributed by atoms with E-state index in [4.69, 9.17) is 15.6 Å². The second-order valence-electron chi connectivity index (χ2n) is 9.02. The summed E-state index contributed by atoms with van der Waals surface area (Å²) in [6.07, 6.45) is 2.62. The molecule has 200 valence electrons. The molecule has 5 N–H and O–H groups in total. The minimum Gasteiger partial charge on any atom is -0.493 e. The van der Waals surface area contributed by atoms with Crippen LogP contribution in [-0.4, -0.2) is 49.1 Å². The van der Waals surface area contributed by atoms with E-state index in [-0.39, 0.29) is 59.9 Å². The van der Waals surface area contributed by atoms with Crippen LogP contribution in [-0.2, 0) is 21.3 Å². The number of hydrogen-bond donors (Lipinski definition) is 4. The van der Waals surface area contributed by atoms with E-state index in [0.717, 1.165) is 17.4 Å². The minimum atomic E-state index is -3.89. The number of aromatic nitrogens is 1. The lowest BCUT2D eigenvalue weighted by Crippen LogP contribution is -2.32. The number of anilines is 1. The smallest absolute Gasteiger partial charge is 0.276 e. The molecule has 0 spiro atoms. The number of azo groups is 1. The molecule has 2 aromatic rings. The third kappa shape index (κ3) is 7.85. The summed E-state index contributed by atoms with van der Waals surface area (Å²) in [6.45, 7) is 7.51. The summed E-state index contributed by atoms with van der Waals surface area (Å²) >= 11 is 0. The molecule has 12 heteroatoms. The maximum atomic E-state index is 13.1. The zero-order valence-corrected chi connectivity index (χ0v) is 22.1. The molecule has 1 heterocycles. The van der Waals surface area contributed by atoms with E-state index < -0.39 is 21.5 Å². The Morgan fingerprint density at radius 2 is 1.83 bits per heavy atom. The van der Waals surface area contributed by atoms with Crippen LogP contribution < -0.4 is 16.0 Å². The third-order valence-corrected chi connectivity index (χ3v) is 7.22. The van der Waals surface area contributed by atoms with Gasteiger partial charge in [0.15, 0.2) is 5.69 Å². The minimum absolute atomic E-state index is 0.0265. The number of ether oxygens (including phenoxy) is 1. The van der Waals surface area contributed by atoms with Crippen LogP contribution in [0.25, 0.3) is 0 Å². The Hall–Kier alpha value is -2.80. The molecule has 0 fully saturated rings. The van der Waals surface area contributed by atoms with Crippen molar-refractivity contribution < 1.29 is 23.4 Å². The lowest BCUT2D eigenvalue weighted by molar-refractivity contribution is 0.0854. The Morgan fingerprint density at radius 3 is 2.50 bits per heavy atom. The van der Waals surface area contributed by atoms with Gasteiger partial charge < -0.3 is 20.7 Å². The van der Waals surface area contributed by atoms with Gasteiger partial charge in [-0.3, -0.25) is 9.36 Å². The highest BCUT2D eigenvalue weighted by Gasteiger charge is 2.22. The summed E-state index contributed by atoms with van der Waals surface area (Å²) in [5, 5.41) is 27.7. The zero-order chi connectivity index (χ0) is 26.9. The van der Waals surface area contributed by atoms with Crippen molar-refractivity contribution in [3.8, 4) is 5.88 Å². The number of aliphatic hydroxyl groups is 1. The van der Waals surface area contributed by atoms with E-state index in [0.29, 0.717) is 12.3 Å². The van der Waals surface area contributed by atoms with Crippen molar-refractivity contribution in [2.45, 2.75) is 64.4 Å². The number of nitrogens with two attached hydrogens (primary N) is 1. The summed E-state index contributed by atoms with van der Waals surface area (Å²) in [6, 6.07) is 5.87. The van der Waals surface area contributed by atoms with Gasteiger partial charge in [0.2, 0.25) is 15.9 Å². The number of nitrogen functional groups attached to an aromatic ring is 1. The van der Waals surface area contributed by atoms with Crippen molar-refractivity contribution in [3.05, 3.63) is 40.2 Å². The van der Waals surface area contributed by atoms with Crippen molar-refractivity contribution in [1.29, 1.82) is 0 Å². The van der Waals surface area contributed by atoms with Crippen LogP contribution in [0, 0.1) is 12.8 Å². The van der Waals surface area contributed by atoms with E-state index in [1.54, 1.807) is 12.1 Å². The van der Waals surface area contributed by atoms with Crippen LogP contribution in [0.4, 0.5) is 17.1 Å². The maximum absolute atomic E-state index is 13.1. The average molecular weight is 524 g/mol. The summed E-state index contributed by atoms with van der Waals surface area (Å²) < 4.78 is 35.0. The first-order valence-electron chi connectivity index (χ1n) is 11.9. The monoisotopic (exact) mass is 523 g/mol. The topological polar surface area (TPSA) is 169 Å². The Balaban J connectivity index is 2.34. The molecule has 0 radical (unpaired) electrons. The van der Waals surface area contributed by atoms with Crippen LogP contribution in [0.1, 0.15) is 45.6 Å². The average Bonchev–Trinajstić information content (AvgIpc) is 2.82. The fourth-order valence-electron chi connectivity index (χ4n) is 3.57. The van der Waals surface area contributed by atoms with Crippen LogP contribution >= 0.6 is 0 Å². The second kappa shape index (κ2) is 13.5. The van der Waals surface area contributed by atoms with Crippen molar-refractivity contribution in [2.75, 3.05) is 25.6 Å². The summed E-state index contributed by atoms with van der Waals surface area (Å²) in [7, 11) is -3.89. The number of aromatic hydroxyl groups is 1. The van der Waals surface area contributed by atoms with Gasteiger partial charge in [0.25, 0.3) is 5.56 Å². The van der Waals surface area contributed by atoms with Gasteiger partial charge in [0.1, 0.15) is 16.3 Å². The van der Waals surface area contributed by atoms with E-state index >= 15 is 0 Å². The highest BCUT2D eigenvalue weighted by Crippen LogP contribution is 2.34. The number of sulfonamides is 1. The molecule has 2 rings (SSSR count). The van der Waals surface area contributed by atoms with Crippen LogP contribution in [0.3, 0.4) is 0 Å². The number of pyridine rings is 1. The predicted octanol–water partition coefficient (Wildman–Crippen LogP) is 3.36. The van der Waals surface area contributed by atoms with Gasteiger partial charge in [0, 0.05) is 11.6 Å².